The van der Waals surface area contributed by atoms with Gasteiger partial charge in [0.25, 0.3) is 17.5 Å². The average Bonchev–Trinajstić information content (AvgIpc) is 2.86. The first-order valence-corrected chi connectivity index (χ1v) is 12.1. The van der Waals surface area contributed by atoms with Crippen LogP contribution in [0.5, 0.6) is 11.5 Å². The van der Waals surface area contributed by atoms with E-state index in [1.165, 1.54) is 25.3 Å². The van der Waals surface area contributed by atoms with Crippen LogP contribution in [-0.2, 0) is 4.74 Å². The number of ether oxygens (including phenoxy) is 3. The lowest BCUT2D eigenvalue weighted by atomic mass is 9.74. The van der Waals surface area contributed by atoms with E-state index in [4.69, 9.17) is 9.47 Å². The molecule has 11 N–H and O–H groups in total. The van der Waals surface area contributed by atoms with Crippen molar-refractivity contribution < 1.29 is 69.7 Å². The maximum Gasteiger partial charge on any atom is 0.360 e. The lowest BCUT2D eigenvalue weighted by Gasteiger charge is -2.70. The molecule has 0 aliphatic carbocycles. The second kappa shape index (κ2) is 9.05. The second-order valence-corrected chi connectivity index (χ2v) is 10.2. The molecule has 3 heterocycles. The van der Waals surface area contributed by atoms with Crippen LogP contribution in [0.15, 0.2) is 41.1 Å². The van der Waals surface area contributed by atoms with Gasteiger partial charge in [0.05, 0.1) is 18.3 Å². The number of anilines is 2. The van der Waals surface area contributed by atoms with Crippen molar-refractivity contribution in [3.63, 3.8) is 0 Å². The number of piperidine rings is 1. The van der Waals surface area contributed by atoms with E-state index < -0.39 is 52.4 Å². The van der Waals surface area contributed by atoms with Crippen LogP contribution >= 0.6 is 15.9 Å². The molecule has 0 bridgehead atoms. The van der Waals surface area contributed by atoms with Crippen molar-refractivity contribution in [1.82, 2.24) is 14.9 Å². The minimum Gasteiger partial charge on any atom is -0.493 e. The summed E-state index contributed by atoms with van der Waals surface area (Å²) in [5.41, 5.74) is -3.89. The van der Waals surface area contributed by atoms with Gasteiger partial charge < -0.3 is 65.9 Å². The summed E-state index contributed by atoms with van der Waals surface area (Å²) >= 11 is 3.16. The number of hydrogen-bond donors (Lipinski definition) is 11. The van der Waals surface area contributed by atoms with Crippen LogP contribution in [0.1, 0.15) is 0 Å². The molecule has 0 amide bonds. The molecule has 0 radical (unpaired) electrons. The number of hydrogen-bond acceptors (Lipinski definition) is 17. The summed E-state index contributed by atoms with van der Waals surface area (Å²) in [5, 5.41) is 107. The molecular formula is C22H22BrFN4O13. The number of aliphatic hydroxyl groups is 10. The van der Waals surface area contributed by atoms with Gasteiger partial charge in [0.2, 0.25) is 5.60 Å². The van der Waals surface area contributed by atoms with Gasteiger partial charge in [-0.15, -0.1) is 4.90 Å². The number of aromatic nitrogens is 2. The van der Waals surface area contributed by atoms with Crippen molar-refractivity contribution in [2.45, 2.75) is 35.1 Å². The number of benzene rings is 2. The van der Waals surface area contributed by atoms with Gasteiger partial charge in [0, 0.05) is 15.9 Å². The number of rotatable bonds is 6. The van der Waals surface area contributed by atoms with E-state index >= 15 is 0 Å². The molecule has 3 aromatic rings. The zero-order chi connectivity index (χ0) is 30.4. The molecule has 2 fully saturated rings. The number of nitrogens with zero attached hydrogens (tertiary/aromatic N) is 3. The highest BCUT2D eigenvalue weighted by Gasteiger charge is 2.93. The van der Waals surface area contributed by atoms with Gasteiger partial charge in [-0.2, -0.15) is 0 Å². The van der Waals surface area contributed by atoms with E-state index in [2.05, 4.69) is 36.0 Å². The van der Waals surface area contributed by atoms with Gasteiger partial charge in [-0.05, 0) is 24.3 Å². The summed E-state index contributed by atoms with van der Waals surface area (Å²) in [4.78, 5) is 7.31. The molecule has 0 spiro atoms. The van der Waals surface area contributed by atoms with Gasteiger partial charge in [-0.3, -0.25) is 4.74 Å². The van der Waals surface area contributed by atoms with Gasteiger partial charge in [-0.1, -0.05) is 15.9 Å². The summed E-state index contributed by atoms with van der Waals surface area (Å²) < 4.78 is 29.6. The largest absolute Gasteiger partial charge is 0.493 e. The normalized spacial score (nSPS) is 27.5. The summed E-state index contributed by atoms with van der Waals surface area (Å²) in [7, 11) is 1.18. The Kier molecular flexibility index (Phi) is 6.54. The average molecular weight is 649 g/mol. The zero-order valence-electron chi connectivity index (χ0n) is 20.5. The monoisotopic (exact) mass is 648 g/mol. The molecule has 222 valence electrons. The van der Waals surface area contributed by atoms with Crippen LogP contribution in [0, 0.1) is 5.82 Å². The predicted octanol–water partition coefficient (Wildman–Crippen LogP) is -3.02. The van der Waals surface area contributed by atoms with Crippen molar-refractivity contribution in [3.8, 4) is 11.5 Å². The molecule has 17 nitrogen and oxygen atoms in total. The molecule has 0 saturated carbocycles. The molecule has 2 atom stereocenters. The van der Waals surface area contributed by atoms with Crippen LogP contribution in [0.4, 0.5) is 15.9 Å². The Morgan fingerprint density at radius 3 is 2.24 bits per heavy atom. The smallest absolute Gasteiger partial charge is 0.360 e. The number of methoxy groups -OCH3 is 1. The summed E-state index contributed by atoms with van der Waals surface area (Å²) in [5.74, 6) is -18.1. The Morgan fingerprint density at radius 2 is 1.63 bits per heavy atom. The summed E-state index contributed by atoms with van der Waals surface area (Å²) in [6.07, 6.45) is -2.76. The van der Waals surface area contributed by atoms with Crippen molar-refractivity contribution in [2.75, 3.05) is 19.0 Å². The van der Waals surface area contributed by atoms with Gasteiger partial charge in [-0.25, -0.2) is 14.4 Å². The SMILES string of the molecule is COc1cc2c(Nc3ccc(Br)cc3F)ncnc2cc1OCC1(O)C(O)(O)C(O)(O)N2C(O)(O)OC2(O)C1(O)O. The standard InChI is InChI=1S/C22H22BrFN4O13/c1-39-14-5-10-13(25-8-26-16(10)27-12-3-2-9(23)4-11(12)24)6-15(14)40-7-17(29)18(30,31)20(34,35)28-21(36,19(17,32)33)41-22(28,37)38/h2-6,8,29-38H,7H2,1H3,(H,25,26,27). The Balaban J connectivity index is 1.51. The predicted molar refractivity (Wildman–Crippen MR) is 130 cm³/mol. The van der Waals surface area contributed by atoms with Gasteiger partial charge in [0.15, 0.2) is 11.5 Å². The number of nitrogens with one attached hydrogen (secondary N) is 1. The molecule has 2 aliphatic rings. The fourth-order valence-corrected chi connectivity index (χ4v) is 4.90. The third-order valence-corrected chi connectivity index (χ3v) is 7.30. The summed E-state index contributed by atoms with van der Waals surface area (Å²) in [6.45, 7) is -1.65. The molecule has 41 heavy (non-hydrogen) atoms. The van der Waals surface area contributed by atoms with E-state index in [1.54, 1.807) is 6.07 Å². The van der Waals surface area contributed by atoms with Crippen LogP contribution in [-0.4, -0.2) is 115 Å². The van der Waals surface area contributed by atoms with E-state index in [0.717, 1.165) is 12.4 Å². The minimum atomic E-state index is -4.49. The maximum atomic E-state index is 14.4. The molecule has 2 unspecified atom stereocenters. The first-order valence-electron chi connectivity index (χ1n) is 11.3. The summed E-state index contributed by atoms with van der Waals surface area (Å²) in [6, 6.07) is 6.71. The molecule has 19 heteroatoms. The Hall–Kier alpha value is -2.89. The highest BCUT2D eigenvalue weighted by molar-refractivity contribution is 9.10. The highest BCUT2D eigenvalue weighted by atomic mass is 79.9. The molecule has 2 aliphatic heterocycles. The van der Waals surface area contributed by atoms with Gasteiger partial charge in [0.1, 0.15) is 24.6 Å². The van der Waals surface area contributed by atoms with E-state index in [-0.39, 0.29) is 33.9 Å². The lowest BCUT2D eigenvalue weighted by molar-refractivity contribution is -0.736. The Bertz CT molecular complexity index is 1520. The Labute approximate surface area is 235 Å². The third kappa shape index (κ3) is 3.91. The van der Waals surface area contributed by atoms with Crippen molar-refractivity contribution in [2.24, 2.45) is 0 Å². The second-order valence-electron chi connectivity index (χ2n) is 9.24. The molecule has 1 aromatic heterocycles. The van der Waals surface area contributed by atoms with Crippen molar-refractivity contribution in [3.05, 3.63) is 46.9 Å². The van der Waals surface area contributed by atoms with Crippen molar-refractivity contribution >= 4 is 38.3 Å². The molecule has 5 rings (SSSR count). The number of halogens is 2. The maximum absolute atomic E-state index is 14.4. The first-order chi connectivity index (χ1) is 18.8. The third-order valence-electron chi connectivity index (χ3n) is 6.80. The molecular weight excluding hydrogens is 627 g/mol. The molecule has 2 aromatic carbocycles. The van der Waals surface area contributed by atoms with Crippen LogP contribution in [0.3, 0.4) is 0 Å². The number of fused-ring (bicyclic) bond motifs is 2. The topological polar surface area (TPSA) is 271 Å². The first kappa shape index (κ1) is 29.6. The lowest BCUT2D eigenvalue weighted by Crippen LogP contribution is -3.02. The fourth-order valence-electron chi connectivity index (χ4n) is 4.57. The van der Waals surface area contributed by atoms with Gasteiger partial charge >= 0.3 is 12.0 Å². The van der Waals surface area contributed by atoms with E-state index in [1.807, 2.05) is 0 Å². The van der Waals surface area contributed by atoms with Crippen LogP contribution < -0.4 is 14.8 Å². The van der Waals surface area contributed by atoms with Crippen LogP contribution in [0.25, 0.3) is 10.9 Å². The quantitative estimate of drug-likeness (QED) is 0.119. The minimum absolute atomic E-state index is 0.0629. The molecule has 2 saturated heterocycles. The zero-order valence-corrected chi connectivity index (χ0v) is 22.1. The van der Waals surface area contributed by atoms with E-state index in [0.29, 0.717) is 4.47 Å². The fraction of sp³-hybridized carbons (Fsp3) is 0.364. The van der Waals surface area contributed by atoms with Crippen molar-refractivity contribution in [1.29, 1.82) is 0 Å². The Morgan fingerprint density at radius 1 is 0.951 bits per heavy atom. The van der Waals surface area contributed by atoms with Crippen LogP contribution in [0.2, 0.25) is 0 Å². The highest BCUT2D eigenvalue weighted by Crippen LogP contribution is 2.59. The van der Waals surface area contributed by atoms with E-state index in [9.17, 15) is 55.5 Å².